The summed E-state index contributed by atoms with van der Waals surface area (Å²) in [5.41, 5.74) is 1.31. The van der Waals surface area contributed by atoms with E-state index in [1.807, 2.05) is 0 Å². The summed E-state index contributed by atoms with van der Waals surface area (Å²) in [6.07, 6.45) is 1.51. The van der Waals surface area contributed by atoms with E-state index in [1.165, 1.54) is 18.2 Å². The molecule has 1 fully saturated rings. The van der Waals surface area contributed by atoms with Crippen LogP contribution in [0.1, 0.15) is 21.5 Å². The number of methoxy groups -OCH3 is 1. The first-order valence-electron chi connectivity index (χ1n) is 10.8. The van der Waals surface area contributed by atoms with Gasteiger partial charge in [0.25, 0.3) is 11.8 Å². The number of nitrogens with zero attached hydrogens (tertiary/aromatic N) is 2. The van der Waals surface area contributed by atoms with Crippen molar-refractivity contribution in [2.75, 3.05) is 13.7 Å². The van der Waals surface area contributed by atoms with Crippen molar-refractivity contribution in [1.82, 2.24) is 20.5 Å². The van der Waals surface area contributed by atoms with Crippen LogP contribution in [0, 0.1) is 11.8 Å². The first kappa shape index (κ1) is 22.0. The van der Waals surface area contributed by atoms with E-state index >= 15 is 0 Å². The number of aromatic nitrogens is 1. The molecule has 5 rings (SSSR count). The predicted molar refractivity (Wildman–Crippen MR) is 125 cm³/mol. The molecule has 0 aliphatic carbocycles. The molecule has 0 radical (unpaired) electrons. The van der Waals surface area contributed by atoms with Crippen molar-refractivity contribution >= 4 is 17.8 Å². The Morgan fingerprint density at radius 1 is 1.11 bits per heavy atom. The zero-order chi connectivity index (χ0) is 24.6. The molecular weight excluding hydrogens is 448 g/mol. The van der Waals surface area contributed by atoms with Gasteiger partial charge in [-0.15, -0.1) is 0 Å². The summed E-state index contributed by atoms with van der Waals surface area (Å²) in [6.45, 7) is 0.151. The molecule has 1 saturated heterocycles. The van der Waals surface area contributed by atoms with Crippen molar-refractivity contribution in [3.8, 4) is 34.6 Å². The fraction of sp³-hybridized carbons (Fsp3) is 0.154. The van der Waals surface area contributed by atoms with E-state index in [2.05, 4.69) is 27.5 Å². The predicted octanol–water partition coefficient (Wildman–Crippen LogP) is 2.05. The van der Waals surface area contributed by atoms with Crippen molar-refractivity contribution in [1.29, 1.82) is 0 Å². The third kappa shape index (κ3) is 4.02. The van der Waals surface area contributed by atoms with Gasteiger partial charge in [-0.3, -0.25) is 19.9 Å². The molecule has 0 bridgehead atoms. The van der Waals surface area contributed by atoms with Crippen molar-refractivity contribution in [2.45, 2.75) is 12.1 Å². The Labute approximate surface area is 200 Å². The Balaban J connectivity index is 1.42. The fourth-order valence-corrected chi connectivity index (χ4v) is 4.11. The van der Waals surface area contributed by atoms with E-state index in [9.17, 15) is 19.5 Å². The number of nitrogens with one attached hydrogen (secondary N) is 2. The summed E-state index contributed by atoms with van der Waals surface area (Å²) in [5, 5.41) is 14.8. The normalized spacial score (nSPS) is 18.4. The number of hydrogen-bond donors (Lipinski definition) is 3. The lowest BCUT2D eigenvalue weighted by atomic mass is 9.99. The number of rotatable bonds is 4. The van der Waals surface area contributed by atoms with Crippen LogP contribution in [-0.2, 0) is 11.3 Å². The summed E-state index contributed by atoms with van der Waals surface area (Å²) in [7, 11) is 1.52. The molecule has 9 nitrogen and oxygen atoms in total. The van der Waals surface area contributed by atoms with Crippen molar-refractivity contribution < 1.29 is 24.2 Å². The molecule has 3 N–H and O–H groups in total. The van der Waals surface area contributed by atoms with Crippen molar-refractivity contribution in [3.05, 3.63) is 77.5 Å². The Kier molecular flexibility index (Phi) is 5.34. The van der Waals surface area contributed by atoms with Crippen LogP contribution in [-0.4, -0.2) is 52.0 Å². The monoisotopic (exact) mass is 468 g/mol. The zero-order valence-corrected chi connectivity index (χ0v) is 18.7. The summed E-state index contributed by atoms with van der Waals surface area (Å²) in [5.74, 6) is 5.51. The topological polar surface area (TPSA) is 121 Å². The third-order valence-corrected chi connectivity index (χ3v) is 5.93. The quantitative estimate of drug-likeness (QED) is 0.398. The maximum Gasteiger partial charge on any atom is 0.323 e. The smallest absolute Gasteiger partial charge is 0.323 e. The average molecular weight is 468 g/mol. The number of para-hydroxylation sites is 1. The number of hydrogen-bond acceptors (Lipinski definition) is 6. The van der Waals surface area contributed by atoms with Crippen LogP contribution < -0.4 is 15.4 Å². The van der Waals surface area contributed by atoms with E-state index < -0.39 is 17.5 Å². The van der Waals surface area contributed by atoms with E-state index in [0.29, 0.717) is 28.1 Å². The Bertz CT molecular complexity index is 1420. The Hall–Kier alpha value is -4.84. The highest BCUT2D eigenvalue weighted by atomic mass is 16.5. The van der Waals surface area contributed by atoms with Crippen LogP contribution in [0.4, 0.5) is 4.79 Å². The van der Waals surface area contributed by atoms with Crippen LogP contribution in [0.15, 0.2) is 60.8 Å². The lowest BCUT2D eigenvalue weighted by molar-refractivity contribution is -0.122. The number of benzene rings is 2. The SMILES string of the molecule is COc1ccc2c(c1)C(=O)N(CC1(C#Cc3ccc(-c4ccccc4O)nc3)NC(=O)NC1=O)C2. The van der Waals surface area contributed by atoms with Gasteiger partial charge in [-0.1, -0.05) is 30.0 Å². The number of phenolic OH excluding ortho intramolecular Hbond substituents is 1. The molecule has 174 valence electrons. The number of urea groups is 1. The molecule has 2 aliphatic heterocycles. The largest absolute Gasteiger partial charge is 0.507 e. The van der Waals surface area contributed by atoms with Gasteiger partial charge in [0, 0.05) is 29.4 Å². The summed E-state index contributed by atoms with van der Waals surface area (Å²) in [4.78, 5) is 43.6. The highest BCUT2D eigenvalue weighted by Crippen LogP contribution is 2.29. The van der Waals surface area contributed by atoms with Gasteiger partial charge in [0.15, 0.2) is 0 Å². The second kappa shape index (κ2) is 8.50. The molecule has 1 unspecified atom stereocenters. The van der Waals surface area contributed by atoms with Crippen molar-refractivity contribution in [2.24, 2.45) is 0 Å². The van der Waals surface area contributed by atoms with E-state index in [-0.39, 0.29) is 24.7 Å². The second-order valence-corrected chi connectivity index (χ2v) is 8.20. The Morgan fingerprint density at radius 3 is 2.63 bits per heavy atom. The molecule has 2 aromatic carbocycles. The molecule has 4 amide bonds. The molecule has 3 heterocycles. The number of carbonyl (C=O) groups is 3. The number of fused-ring (bicyclic) bond motifs is 1. The number of aromatic hydroxyl groups is 1. The second-order valence-electron chi connectivity index (χ2n) is 8.20. The lowest BCUT2D eigenvalue weighted by Gasteiger charge is -2.26. The molecule has 9 heteroatoms. The summed E-state index contributed by atoms with van der Waals surface area (Å²) < 4.78 is 5.20. The molecule has 3 aromatic rings. The van der Waals surface area contributed by atoms with Crippen LogP contribution in [0.25, 0.3) is 11.3 Å². The van der Waals surface area contributed by atoms with Gasteiger partial charge < -0.3 is 20.1 Å². The minimum absolute atomic E-state index is 0.108. The summed E-state index contributed by atoms with van der Waals surface area (Å²) in [6, 6.07) is 14.8. The number of ether oxygens (including phenoxy) is 1. The third-order valence-electron chi connectivity index (χ3n) is 5.93. The van der Waals surface area contributed by atoms with Crippen LogP contribution in [0.2, 0.25) is 0 Å². The van der Waals surface area contributed by atoms with Crippen LogP contribution >= 0.6 is 0 Å². The molecule has 0 saturated carbocycles. The minimum atomic E-state index is -1.62. The first-order valence-corrected chi connectivity index (χ1v) is 10.8. The van der Waals surface area contributed by atoms with Gasteiger partial charge in [-0.2, -0.15) is 0 Å². The fourth-order valence-electron chi connectivity index (χ4n) is 4.11. The highest BCUT2D eigenvalue weighted by molar-refractivity contribution is 6.10. The zero-order valence-electron chi connectivity index (χ0n) is 18.7. The number of phenols is 1. The van der Waals surface area contributed by atoms with Gasteiger partial charge >= 0.3 is 6.03 Å². The Morgan fingerprint density at radius 2 is 1.94 bits per heavy atom. The van der Waals surface area contributed by atoms with Crippen LogP contribution in [0.3, 0.4) is 0 Å². The number of carbonyl (C=O) groups excluding carboxylic acids is 3. The lowest BCUT2D eigenvalue weighted by Crippen LogP contribution is -2.54. The molecule has 0 spiro atoms. The standard InChI is InChI=1S/C26H20N4O5/c1-35-18-8-7-17-14-30(23(32)20(17)12-18)15-26(24(33)28-25(34)29-26)11-10-16-6-9-21(27-13-16)19-4-2-3-5-22(19)31/h2-9,12-13,31H,14-15H2,1H3,(H2,28,29,33,34). The average Bonchev–Trinajstić information content (AvgIpc) is 3.32. The number of pyridine rings is 1. The van der Waals surface area contributed by atoms with Gasteiger partial charge in [-0.25, -0.2) is 4.79 Å². The van der Waals surface area contributed by atoms with Crippen molar-refractivity contribution in [3.63, 3.8) is 0 Å². The van der Waals surface area contributed by atoms with E-state index in [0.717, 1.165) is 5.56 Å². The van der Waals surface area contributed by atoms with Gasteiger partial charge in [0.1, 0.15) is 11.5 Å². The van der Waals surface area contributed by atoms with Gasteiger partial charge in [0.05, 0.1) is 19.3 Å². The number of amides is 4. The molecule has 1 atom stereocenters. The minimum Gasteiger partial charge on any atom is -0.507 e. The van der Waals surface area contributed by atoms with Crippen LogP contribution in [0.5, 0.6) is 11.5 Å². The maximum atomic E-state index is 13.0. The molecule has 1 aromatic heterocycles. The van der Waals surface area contributed by atoms with E-state index in [4.69, 9.17) is 4.74 Å². The highest BCUT2D eigenvalue weighted by Gasteiger charge is 2.48. The molecule has 35 heavy (non-hydrogen) atoms. The van der Waals surface area contributed by atoms with Gasteiger partial charge in [-0.05, 0) is 42.0 Å². The maximum absolute atomic E-state index is 13.0. The van der Waals surface area contributed by atoms with Gasteiger partial charge in [0.2, 0.25) is 5.54 Å². The number of imide groups is 1. The molecule has 2 aliphatic rings. The first-order chi connectivity index (χ1) is 16.9. The summed E-state index contributed by atoms with van der Waals surface area (Å²) >= 11 is 0. The molecular formula is C26H20N4O5. The van der Waals surface area contributed by atoms with E-state index in [1.54, 1.807) is 54.6 Å².